The van der Waals surface area contributed by atoms with Crippen LogP contribution < -0.4 is 10.1 Å². The van der Waals surface area contributed by atoms with Gasteiger partial charge < -0.3 is 10.1 Å². The molecule has 0 fully saturated rings. The predicted octanol–water partition coefficient (Wildman–Crippen LogP) is 1.34. The highest BCUT2D eigenvalue weighted by Gasteiger charge is 2.12. The second-order valence-corrected chi connectivity index (χ2v) is 3.02. The zero-order chi connectivity index (χ0) is 11.3. The van der Waals surface area contributed by atoms with Crippen LogP contribution >= 0.6 is 0 Å². The van der Waals surface area contributed by atoms with Crippen LogP contribution in [-0.2, 0) is 0 Å². The molecule has 0 aliphatic carbocycles. The molecule has 0 heterocycles. The maximum absolute atomic E-state index is 11.7. The van der Waals surface area contributed by atoms with Crippen molar-refractivity contribution in [1.82, 2.24) is 5.32 Å². The van der Waals surface area contributed by atoms with Gasteiger partial charge in [0.2, 0.25) is 0 Å². The highest BCUT2D eigenvalue weighted by molar-refractivity contribution is 5.97. The van der Waals surface area contributed by atoms with Gasteiger partial charge in [0.15, 0.2) is 0 Å². The third-order valence-electron chi connectivity index (χ3n) is 1.89. The van der Waals surface area contributed by atoms with Gasteiger partial charge in [-0.25, -0.2) is 0 Å². The van der Waals surface area contributed by atoms with Crippen molar-refractivity contribution in [3.05, 3.63) is 29.8 Å². The van der Waals surface area contributed by atoms with Crippen LogP contribution in [0.4, 0.5) is 0 Å². The molecule has 1 unspecified atom stereocenters. The molecular formula is C11H12N2O2. The molecule has 1 aromatic rings. The SMILES string of the molecule is COc1ccccc1C(=O)NC(C)C#N. The monoisotopic (exact) mass is 204 g/mol. The van der Waals surface area contributed by atoms with Crippen LogP contribution in [0.5, 0.6) is 5.75 Å². The molecule has 1 amide bonds. The Morgan fingerprint density at radius 2 is 2.20 bits per heavy atom. The number of hydrogen-bond acceptors (Lipinski definition) is 3. The molecule has 1 N–H and O–H groups in total. The van der Waals surface area contributed by atoms with Crippen molar-refractivity contribution in [2.45, 2.75) is 13.0 Å². The zero-order valence-electron chi connectivity index (χ0n) is 8.65. The van der Waals surface area contributed by atoms with Gasteiger partial charge in [-0.15, -0.1) is 0 Å². The van der Waals surface area contributed by atoms with Crippen molar-refractivity contribution >= 4 is 5.91 Å². The summed E-state index contributed by atoms with van der Waals surface area (Å²) in [5.41, 5.74) is 0.432. The molecule has 0 saturated carbocycles. The lowest BCUT2D eigenvalue weighted by Gasteiger charge is -2.09. The highest BCUT2D eigenvalue weighted by atomic mass is 16.5. The number of amides is 1. The summed E-state index contributed by atoms with van der Waals surface area (Å²) in [5.74, 6) is 0.196. The average molecular weight is 204 g/mol. The van der Waals surface area contributed by atoms with Crippen molar-refractivity contribution < 1.29 is 9.53 Å². The first-order valence-corrected chi connectivity index (χ1v) is 4.52. The number of nitrogens with one attached hydrogen (secondary N) is 1. The molecule has 78 valence electrons. The fraction of sp³-hybridized carbons (Fsp3) is 0.273. The second-order valence-electron chi connectivity index (χ2n) is 3.02. The molecule has 1 atom stereocenters. The topological polar surface area (TPSA) is 62.1 Å². The summed E-state index contributed by atoms with van der Waals surface area (Å²) in [6.07, 6.45) is 0. The molecule has 15 heavy (non-hydrogen) atoms. The van der Waals surface area contributed by atoms with E-state index in [0.29, 0.717) is 11.3 Å². The maximum atomic E-state index is 11.7. The maximum Gasteiger partial charge on any atom is 0.256 e. The molecule has 4 heteroatoms. The van der Waals surface area contributed by atoms with Crippen molar-refractivity contribution in [2.24, 2.45) is 0 Å². The van der Waals surface area contributed by atoms with Crippen LogP contribution in [0.25, 0.3) is 0 Å². The Hall–Kier alpha value is -2.02. The van der Waals surface area contributed by atoms with Crippen LogP contribution in [0.3, 0.4) is 0 Å². The predicted molar refractivity (Wildman–Crippen MR) is 55.5 cm³/mol. The van der Waals surface area contributed by atoms with Crippen LogP contribution in [0.15, 0.2) is 24.3 Å². The van der Waals surface area contributed by atoms with Crippen molar-refractivity contribution in [3.8, 4) is 11.8 Å². The fourth-order valence-electron chi connectivity index (χ4n) is 1.14. The van der Waals surface area contributed by atoms with E-state index in [1.54, 1.807) is 31.2 Å². The first-order chi connectivity index (χ1) is 7.19. The Morgan fingerprint density at radius 1 is 1.53 bits per heavy atom. The highest BCUT2D eigenvalue weighted by Crippen LogP contribution is 2.16. The van der Waals surface area contributed by atoms with Crippen molar-refractivity contribution in [2.75, 3.05) is 7.11 Å². The van der Waals surface area contributed by atoms with Crippen LogP contribution in [0.1, 0.15) is 17.3 Å². The number of nitriles is 1. The first kappa shape index (κ1) is 11.1. The third kappa shape index (κ3) is 2.71. The molecule has 0 aromatic heterocycles. The fourth-order valence-corrected chi connectivity index (χ4v) is 1.14. The molecule has 0 aliphatic rings. The van der Waals surface area contributed by atoms with E-state index < -0.39 is 6.04 Å². The summed E-state index contributed by atoms with van der Waals surface area (Å²) < 4.78 is 5.04. The van der Waals surface area contributed by atoms with Crippen molar-refractivity contribution in [1.29, 1.82) is 5.26 Å². The van der Waals surface area contributed by atoms with Crippen LogP contribution in [0.2, 0.25) is 0 Å². The van der Waals surface area contributed by atoms with Crippen molar-refractivity contribution in [3.63, 3.8) is 0 Å². The zero-order valence-corrected chi connectivity index (χ0v) is 8.65. The van der Waals surface area contributed by atoms with E-state index in [2.05, 4.69) is 5.32 Å². The van der Waals surface area contributed by atoms with Gasteiger partial charge in [0.1, 0.15) is 11.8 Å². The van der Waals surface area contributed by atoms with E-state index >= 15 is 0 Å². The molecule has 0 bridgehead atoms. The van der Waals surface area contributed by atoms with Gasteiger partial charge >= 0.3 is 0 Å². The Kier molecular flexibility index (Phi) is 3.69. The van der Waals surface area contributed by atoms with E-state index in [1.807, 2.05) is 6.07 Å². The smallest absolute Gasteiger partial charge is 0.256 e. The number of nitrogens with zero attached hydrogens (tertiary/aromatic N) is 1. The number of para-hydroxylation sites is 1. The molecule has 0 spiro atoms. The average Bonchev–Trinajstić information content (AvgIpc) is 2.28. The molecule has 1 aromatic carbocycles. The van der Waals surface area contributed by atoms with Gasteiger partial charge in [-0.1, -0.05) is 12.1 Å². The summed E-state index contributed by atoms with van der Waals surface area (Å²) in [7, 11) is 1.50. The summed E-state index contributed by atoms with van der Waals surface area (Å²) in [4.78, 5) is 11.7. The van der Waals surface area contributed by atoms with Gasteiger partial charge in [-0.2, -0.15) is 5.26 Å². The normalized spacial score (nSPS) is 11.3. The summed E-state index contributed by atoms with van der Waals surface area (Å²) >= 11 is 0. The molecule has 0 aliphatic heterocycles. The quantitative estimate of drug-likeness (QED) is 0.808. The van der Waals surface area contributed by atoms with Crippen LogP contribution in [0, 0.1) is 11.3 Å². The van der Waals surface area contributed by atoms with Gasteiger partial charge in [0, 0.05) is 0 Å². The molecular weight excluding hydrogens is 192 g/mol. The van der Waals surface area contributed by atoms with E-state index in [4.69, 9.17) is 10.00 Å². The number of hydrogen-bond donors (Lipinski definition) is 1. The molecule has 1 rings (SSSR count). The Bertz CT molecular complexity index is 396. The lowest BCUT2D eigenvalue weighted by atomic mass is 10.2. The number of benzene rings is 1. The summed E-state index contributed by atoms with van der Waals surface area (Å²) in [6, 6.07) is 8.30. The first-order valence-electron chi connectivity index (χ1n) is 4.52. The van der Waals surface area contributed by atoms with E-state index in [-0.39, 0.29) is 5.91 Å². The largest absolute Gasteiger partial charge is 0.496 e. The van der Waals surface area contributed by atoms with E-state index in [0.717, 1.165) is 0 Å². The molecule has 0 saturated heterocycles. The van der Waals surface area contributed by atoms with E-state index in [1.165, 1.54) is 7.11 Å². The Labute approximate surface area is 88.5 Å². The molecule has 0 radical (unpaired) electrons. The minimum atomic E-state index is -0.512. The number of rotatable bonds is 3. The van der Waals surface area contributed by atoms with Gasteiger partial charge in [-0.3, -0.25) is 4.79 Å². The van der Waals surface area contributed by atoms with E-state index in [9.17, 15) is 4.79 Å². The van der Waals surface area contributed by atoms with Gasteiger partial charge in [-0.05, 0) is 19.1 Å². The standard InChI is InChI=1S/C11H12N2O2/c1-8(7-12)13-11(14)9-5-3-4-6-10(9)15-2/h3-6,8H,1-2H3,(H,13,14). The number of methoxy groups -OCH3 is 1. The summed E-state index contributed by atoms with van der Waals surface area (Å²) in [6.45, 7) is 1.62. The number of ether oxygens (including phenoxy) is 1. The summed E-state index contributed by atoms with van der Waals surface area (Å²) in [5, 5.41) is 11.1. The Morgan fingerprint density at radius 3 is 2.80 bits per heavy atom. The van der Waals surface area contributed by atoms with Crippen LogP contribution in [-0.4, -0.2) is 19.1 Å². The molecule has 4 nitrogen and oxygen atoms in total. The number of carbonyl (C=O) groups is 1. The Balaban J connectivity index is 2.87. The lowest BCUT2D eigenvalue weighted by molar-refractivity contribution is 0.0945. The second kappa shape index (κ2) is 5.01. The minimum absolute atomic E-state index is 0.304. The minimum Gasteiger partial charge on any atom is -0.496 e. The lowest BCUT2D eigenvalue weighted by Crippen LogP contribution is -2.31. The number of carbonyl (C=O) groups excluding carboxylic acids is 1. The third-order valence-corrected chi connectivity index (χ3v) is 1.89. The van der Waals surface area contributed by atoms with Gasteiger partial charge in [0.25, 0.3) is 5.91 Å². The van der Waals surface area contributed by atoms with Gasteiger partial charge in [0.05, 0.1) is 18.7 Å².